The molecule has 1 aromatic carbocycles. The topological polar surface area (TPSA) is 134 Å². The van der Waals surface area contributed by atoms with Crippen LogP contribution in [0.15, 0.2) is 24.3 Å². The highest BCUT2D eigenvalue weighted by molar-refractivity contribution is 6.01. The fraction of sp³-hybridized carbons (Fsp3) is 0.353. The molecule has 0 spiro atoms. The number of hydrazine groups is 1. The number of amides is 5. The number of imide groups is 1. The maximum Gasteiger partial charge on any atom is 0.338 e. The lowest BCUT2D eigenvalue weighted by Gasteiger charge is -2.27. The molecule has 2 rings (SSSR count). The van der Waals surface area contributed by atoms with Gasteiger partial charge in [0.05, 0.1) is 11.3 Å². The molecule has 0 radical (unpaired) electrons. The second-order valence-electron chi connectivity index (χ2n) is 6.06. The summed E-state index contributed by atoms with van der Waals surface area (Å²) in [7, 11) is 0. The zero-order valence-electron chi connectivity index (χ0n) is 14.9. The zero-order valence-corrected chi connectivity index (χ0v) is 14.9. The van der Waals surface area contributed by atoms with Crippen LogP contribution in [-0.2, 0) is 19.1 Å². The summed E-state index contributed by atoms with van der Waals surface area (Å²) in [6, 6.07) is 4.91. The van der Waals surface area contributed by atoms with Crippen LogP contribution in [0.5, 0.6) is 0 Å². The Balaban J connectivity index is 1.88. The first-order valence-corrected chi connectivity index (χ1v) is 8.26. The van der Waals surface area contributed by atoms with Crippen LogP contribution in [0.4, 0.5) is 10.5 Å². The predicted molar refractivity (Wildman–Crippen MR) is 93.4 cm³/mol. The first kappa shape index (κ1) is 19.9. The van der Waals surface area contributed by atoms with Gasteiger partial charge in [0.25, 0.3) is 5.91 Å². The fourth-order valence-corrected chi connectivity index (χ4v) is 2.21. The molecule has 0 bridgehead atoms. The monoisotopic (exact) mass is 376 g/mol. The largest absolute Gasteiger partial charge is 0.452 e. The number of hydrogen-bond acceptors (Lipinski definition) is 6. The van der Waals surface area contributed by atoms with E-state index in [4.69, 9.17) is 4.74 Å². The van der Waals surface area contributed by atoms with Crippen molar-refractivity contribution in [2.45, 2.75) is 32.7 Å². The molecule has 27 heavy (non-hydrogen) atoms. The zero-order chi connectivity index (χ0) is 20.0. The smallest absolute Gasteiger partial charge is 0.338 e. The highest BCUT2D eigenvalue weighted by atomic mass is 16.5. The molecule has 0 atom stereocenters. The van der Waals surface area contributed by atoms with E-state index in [0.717, 1.165) is 5.01 Å². The van der Waals surface area contributed by atoms with Gasteiger partial charge in [-0.2, -0.15) is 0 Å². The van der Waals surface area contributed by atoms with Crippen molar-refractivity contribution in [2.75, 3.05) is 11.6 Å². The number of nitrogens with zero attached hydrogens (tertiary/aromatic N) is 1. The predicted octanol–water partition coefficient (Wildman–Crippen LogP) is 0.236. The summed E-state index contributed by atoms with van der Waals surface area (Å²) >= 11 is 0. The van der Waals surface area contributed by atoms with Gasteiger partial charge < -0.3 is 10.1 Å². The number of ether oxygens (including phenoxy) is 1. The Kier molecular flexibility index (Phi) is 6.47. The molecular weight excluding hydrogens is 356 g/mol. The van der Waals surface area contributed by atoms with Gasteiger partial charge >= 0.3 is 12.0 Å². The highest BCUT2D eigenvalue weighted by Gasteiger charge is 2.24. The number of urea groups is 1. The van der Waals surface area contributed by atoms with Crippen molar-refractivity contribution in [3.63, 3.8) is 0 Å². The Morgan fingerprint density at radius 3 is 2.44 bits per heavy atom. The van der Waals surface area contributed by atoms with Crippen molar-refractivity contribution in [3.8, 4) is 0 Å². The SMILES string of the molecule is CC(C)NC(=O)NC(=O)COC(=O)c1ccc(N2NC(=O)CCC2=O)cc1. The maximum atomic E-state index is 12.0. The summed E-state index contributed by atoms with van der Waals surface area (Å²) in [5.74, 6) is -2.07. The normalized spacial score (nSPS) is 13.8. The maximum absolute atomic E-state index is 12.0. The number of benzene rings is 1. The van der Waals surface area contributed by atoms with E-state index in [1.165, 1.54) is 24.3 Å². The molecule has 1 fully saturated rings. The quantitative estimate of drug-likeness (QED) is 0.630. The first-order valence-electron chi connectivity index (χ1n) is 8.26. The van der Waals surface area contributed by atoms with E-state index in [1.807, 2.05) is 5.32 Å². The molecule has 0 aromatic heterocycles. The molecule has 10 nitrogen and oxygen atoms in total. The van der Waals surface area contributed by atoms with Crippen LogP contribution in [0.2, 0.25) is 0 Å². The number of hydrogen-bond donors (Lipinski definition) is 3. The van der Waals surface area contributed by atoms with Crippen molar-refractivity contribution in [1.82, 2.24) is 16.1 Å². The van der Waals surface area contributed by atoms with E-state index in [9.17, 15) is 24.0 Å². The van der Waals surface area contributed by atoms with Gasteiger partial charge in [0.15, 0.2) is 6.61 Å². The Hall–Kier alpha value is -3.43. The molecule has 0 saturated carbocycles. The summed E-state index contributed by atoms with van der Waals surface area (Å²) in [6.07, 6.45) is 0.242. The van der Waals surface area contributed by atoms with Crippen molar-refractivity contribution < 1.29 is 28.7 Å². The van der Waals surface area contributed by atoms with Crippen LogP contribution in [0.25, 0.3) is 0 Å². The van der Waals surface area contributed by atoms with Gasteiger partial charge in [0, 0.05) is 18.9 Å². The number of carbonyl (C=O) groups is 5. The molecule has 10 heteroatoms. The van der Waals surface area contributed by atoms with Crippen molar-refractivity contribution in [1.29, 1.82) is 0 Å². The van der Waals surface area contributed by atoms with E-state index in [0.29, 0.717) is 5.69 Å². The molecule has 0 aliphatic carbocycles. The molecule has 1 heterocycles. The van der Waals surface area contributed by atoms with Crippen LogP contribution in [0.1, 0.15) is 37.0 Å². The lowest BCUT2D eigenvalue weighted by molar-refractivity contribution is -0.130. The number of carbonyl (C=O) groups excluding carboxylic acids is 5. The molecule has 1 aromatic rings. The van der Waals surface area contributed by atoms with Gasteiger partial charge in [-0.15, -0.1) is 0 Å². The van der Waals surface area contributed by atoms with Gasteiger partial charge in [-0.05, 0) is 38.1 Å². The van der Waals surface area contributed by atoms with E-state index in [-0.39, 0.29) is 36.3 Å². The molecule has 0 unspecified atom stereocenters. The summed E-state index contributed by atoms with van der Waals surface area (Å²) < 4.78 is 4.84. The Bertz CT molecular complexity index is 759. The Morgan fingerprint density at radius 1 is 1.15 bits per heavy atom. The molecule has 1 aliphatic rings. The second kappa shape index (κ2) is 8.79. The number of anilines is 1. The van der Waals surface area contributed by atoms with Crippen LogP contribution < -0.4 is 21.1 Å². The van der Waals surface area contributed by atoms with E-state index in [1.54, 1.807) is 13.8 Å². The van der Waals surface area contributed by atoms with E-state index < -0.39 is 24.5 Å². The van der Waals surface area contributed by atoms with Crippen molar-refractivity contribution in [3.05, 3.63) is 29.8 Å². The third kappa shape index (κ3) is 5.80. The standard InChI is InChI=1S/C17H20N4O6/c1-10(2)18-17(26)19-14(23)9-27-16(25)11-3-5-12(6-4-11)21-15(24)8-7-13(22)20-21/h3-6,10H,7-9H2,1-2H3,(H,20,22)(H2,18,19,23,26). The third-order valence-electron chi connectivity index (χ3n) is 3.42. The van der Waals surface area contributed by atoms with E-state index >= 15 is 0 Å². The Labute approximate surface area is 155 Å². The Morgan fingerprint density at radius 2 is 1.81 bits per heavy atom. The van der Waals surface area contributed by atoms with Crippen LogP contribution >= 0.6 is 0 Å². The van der Waals surface area contributed by atoms with Crippen molar-refractivity contribution in [2.24, 2.45) is 0 Å². The molecule has 5 amide bonds. The van der Waals surface area contributed by atoms with Crippen LogP contribution in [-0.4, -0.2) is 42.4 Å². The van der Waals surface area contributed by atoms with Gasteiger partial charge in [-0.3, -0.25) is 25.1 Å². The highest BCUT2D eigenvalue weighted by Crippen LogP contribution is 2.18. The minimum absolute atomic E-state index is 0.106. The summed E-state index contributed by atoms with van der Waals surface area (Å²) in [6.45, 7) is 2.85. The van der Waals surface area contributed by atoms with Crippen molar-refractivity contribution >= 4 is 35.4 Å². The fourth-order valence-electron chi connectivity index (χ4n) is 2.21. The van der Waals surface area contributed by atoms with Gasteiger partial charge in [0.1, 0.15) is 0 Å². The minimum atomic E-state index is -0.769. The van der Waals surface area contributed by atoms with Gasteiger partial charge in [-0.1, -0.05) is 0 Å². The molecule has 144 valence electrons. The lowest BCUT2D eigenvalue weighted by Crippen LogP contribution is -2.50. The lowest BCUT2D eigenvalue weighted by atomic mass is 10.2. The summed E-state index contributed by atoms with van der Waals surface area (Å²) in [5, 5.41) is 5.61. The van der Waals surface area contributed by atoms with Crippen LogP contribution in [0.3, 0.4) is 0 Å². The number of rotatable bonds is 5. The molecular formula is C17H20N4O6. The molecule has 1 saturated heterocycles. The average Bonchev–Trinajstić information content (AvgIpc) is 2.61. The summed E-state index contributed by atoms with van der Waals surface area (Å²) in [5.41, 5.74) is 2.98. The average molecular weight is 376 g/mol. The first-order chi connectivity index (χ1) is 12.8. The number of nitrogens with one attached hydrogen (secondary N) is 3. The van der Waals surface area contributed by atoms with Gasteiger partial charge in [-0.25, -0.2) is 14.6 Å². The number of esters is 1. The third-order valence-corrected chi connectivity index (χ3v) is 3.42. The summed E-state index contributed by atoms with van der Waals surface area (Å²) in [4.78, 5) is 58.1. The van der Waals surface area contributed by atoms with Gasteiger partial charge in [0.2, 0.25) is 11.8 Å². The molecule has 1 aliphatic heterocycles. The second-order valence-corrected chi connectivity index (χ2v) is 6.06. The van der Waals surface area contributed by atoms with Crippen LogP contribution in [0, 0.1) is 0 Å². The molecule has 3 N–H and O–H groups in total. The van der Waals surface area contributed by atoms with E-state index in [2.05, 4.69) is 10.7 Å². The minimum Gasteiger partial charge on any atom is -0.452 e.